The van der Waals surface area contributed by atoms with Crippen LogP contribution in [-0.4, -0.2) is 47.7 Å². The molecule has 4 N–H and O–H groups in total. The number of primary amides is 1. The van der Waals surface area contributed by atoms with E-state index in [1.165, 1.54) is 6.08 Å². The maximum absolute atomic E-state index is 12.7. The second-order valence-electron chi connectivity index (χ2n) is 6.76. The Morgan fingerprint density at radius 1 is 1.03 bits per heavy atom. The summed E-state index contributed by atoms with van der Waals surface area (Å²) >= 11 is 0. The van der Waals surface area contributed by atoms with Crippen molar-refractivity contribution in [3.63, 3.8) is 0 Å². The third-order valence-electron chi connectivity index (χ3n) is 4.51. The molecule has 0 fully saturated rings. The quantitative estimate of drug-likeness (QED) is 0.339. The summed E-state index contributed by atoms with van der Waals surface area (Å²) in [7, 11) is 0. The number of nitrogens with one attached hydrogen (secondary N) is 1. The van der Waals surface area contributed by atoms with Crippen molar-refractivity contribution in [2.24, 2.45) is 16.6 Å². The van der Waals surface area contributed by atoms with Gasteiger partial charge in [0.05, 0.1) is 19.1 Å². The molecule has 0 aromatic heterocycles. The van der Waals surface area contributed by atoms with Gasteiger partial charge in [-0.25, -0.2) is 4.79 Å². The van der Waals surface area contributed by atoms with Crippen molar-refractivity contribution in [3.05, 3.63) is 71.8 Å². The van der Waals surface area contributed by atoms with E-state index in [1.54, 1.807) is 30.3 Å². The molecule has 2 amide bonds. The zero-order valence-electron chi connectivity index (χ0n) is 16.6. The number of carbonyl (C=O) groups is 3. The zero-order chi connectivity index (χ0) is 22.6. The predicted octanol–water partition coefficient (Wildman–Crippen LogP) is 0.821. The molecule has 0 aliphatic rings. The van der Waals surface area contributed by atoms with Gasteiger partial charge in [0.1, 0.15) is 6.04 Å². The van der Waals surface area contributed by atoms with Crippen molar-refractivity contribution in [3.8, 4) is 0 Å². The van der Waals surface area contributed by atoms with Gasteiger partial charge in [0, 0.05) is 0 Å². The Kier molecular flexibility index (Phi) is 9.10. The lowest BCUT2D eigenvalue weighted by Crippen LogP contribution is -2.52. The molecule has 0 radical (unpaired) electrons. The van der Waals surface area contributed by atoms with Gasteiger partial charge in [-0.3, -0.25) is 14.4 Å². The van der Waals surface area contributed by atoms with E-state index in [0.29, 0.717) is 5.56 Å². The standard InChI is InChI=1S/C22H23N3O6/c23-20(27)18(13-31-12-16-9-5-2-6-10-16)25-21(28)19(24-14-26)17(22(29)30)11-15-7-3-1-4-8-15/h1-10,17-19H,11-13H2,(H2,23,27)(H,25,28)(H,29,30). The monoisotopic (exact) mass is 425 g/mol. The fraction of sp³-hybridized carbons (Fsp3) is 0.273. The second-order valence-corrected chi connectivity index (χ2v) is 6.76. The van der Waals surface area contributed by atoms with E-state index in [4.69, 9.17) is 10.5 Å². The lowest BCUT2D eigenvalue weighted by Gasteiger charge is -2.22. The number of nitrogens with zero attached hydrogens (tertiary/aromatic N) is 1. The number of hydrogen-bond acceptors (Lipinski definition) is 6. The molecule has 0 heterocycles. The van der Waals surface area contributed by atoms with Crippen LogP contribution in [0.15, 0.2) is 65.7 Å². The van der Waals surface area contributed by atoms with Gasteiger partial charge in [0.2, 0.25) is 17.9 Å². The smallest absolute Gasteiger partial charge is 0.309 e. The number of benzene rings is 2. The van der Waals surface area contributed by atoms with E-state index in [2.05, 4.69) is 10.3 Å². The molecule has 3 atom stereocenters. The largest absolute Gasteiger partial charge is 0.481 e. The summed E-state index contributed by atoms with van der Waals surface area (Å²) in [6.07, 6.45) is 1.19. The van der Waals surface area contributed by atoms with Gasteiger partial charge in [-0.1, -0.05) is 60.7 Å². The third-order valence-corrected chi connectivity index (χ3v) is 4.51. The first-order valence-electron chi connectivity index (χ1n) is 9.47. The van der Waals surface area contributed by atoms with Crippen molar-refractivity contribution in [2.75, 3.05) is 6.61 Å². The van der Waals surface area contributed by atoms with Crippen LogP contribution in [-0.2, 0) is 36.9 Å². The Hall–Kier alpha value is -3.81. The van der Waals surface area contributed by atoms with Crippen LogP contribution in [0.4, 0.5) is 0 Å². The van der Waals surface area contributed by atoms with Gasteiger partial charge < -0.3 is 20.9 Å². The maximum atomic E-state index is 12.7. The fourth-order valence-corrected chi connectivity index (χ4v) is 2.91. The first kappa shape index (κ1) is 23.5. The molecule has 2 aromatic carbocycles. The van der Waals surface area contributed by atoms with Gasteiger partial charge in [0.25, 0.3) is 0 Å². The summed E-state index contributed by atoms with van der Waals surface area (Å²) in [6, 6.07) is 14.9. The highest BCUT2D eigenvalue weighted by Crippen LogP contribution is 2.16. The summed E-state index contributed by atoms with van der Waals surface area (Å²) < 4.78 is 5.45. The Balaban J connectivity index is 2.08. The minimum Gasteiger partial charge on any atom is -0.481 e. The van der Waals surface area contributed by atoms with E-state index in [-0.39, 0.29) is 19.6 Å². The third kappa shape index (κ3) is 7.50. The molecule has 0 saturated heterocycles. The van der Waals surface area contributed by atoms with Crippen LogP contribution in [0.5, 0.6) is 0 Å². The molecule has 0 aliphatic carbocycles. The zero-order valence-corrected chi connectivity index (χ0v) is 16.6. The molecule has 0 spiro atoms. The van der Waals surface area contributed by atoms with Gasteiger partial charge in [-0.2, -0.15) is 4.99 Å². The Morgan fingerprint density at radius 3 is 2.13 bits per heavy atom. The molecule has 31 heavy (non-hydrogen) atoms. The number of aliphatic carboxylic acids is 1. The molecule has 0 bridgehead atoms. The van der Waals surface area contributed by atoms with E-state index in [1.807, 2.05) is 30.3 Å². The van der Waals surface area contributed by atoms with Gasteiger partial charge in [0.15, 0.2) is 6.04 Å². The highest BCUT2D eigenvalue weighted by molar-refractivity contribution is 5.92. The van der Waals surface area contributed by atoms with Crippen LogP contribution in [0.1, 0.15) is 11.1 Å². The molecule has 2 rings (SSSR count). The molecule has 9 nitrogen and oxygen atoms in total. The number of ether oxygens (including phenoxy) is 1. The molecule has 3 unspecified atom stereocenters. The highest BCUT2D eigenvalue weighted by Gasteiger charge is 2.35. The SMILES string of the molecule is NC(=O)C(COCc1ccccc1)NC(=O)C(N=C=O)C(Cc1ccccc1)C(=O)O. The number of carboxylic acids is 1. The average molecular weight is 425 g/mol. The first-order chi connectivity index (χ1) is 14.9. The Bertz CT molecular complexity index is 929. The van der Waals surface area contributed by atoms with E-state index < -0.39 is 35.8 Å². The van der Waals surface area contributed by atoms with Crippen molar-refractivity contribution in [1.29, 1.82) is 0 Å². The topological polar surface area (TPSA) is 148 Å². The summed E-state index contributed by atoms with van der Waals surface area (Å²) in [5.74, 6) is -4.47. The molecule has 0 aliphatic heterocycles. The molecular weight excluding hydrogens is 402 g/mol. The molecule has 0 saturated carbocycles. The van der Waals surface area contributed by atoms with Crippen LogP contribution in [0, 0.1) is 5.92 Å². The van der Waals surface area contributed by atoms with Crippen molar-refractivity contribution >= 4 is 23.9 Å². The Labute approximate surface area is 178 Å². The van der Waals surface area contributed by atoms with Gasteiger partial charge in [-0.15, -0.1) is 0 Å². The molecule has 9 heteroatoms. The number of carbonyl (C=O) groups excluding carboxylic acids is 3. The number of aliphatic imine (C=N–C) groups is 1. The second kappa shape index (κ2) is 12.0. The van der Waals surface area contributed by atoms with Crippen LogP contribution in [0.25, 0.3) is 0 Å². The predicted molar refractivity (Wildman–Crippen MR) is 110 cm³/mol. The van der Waals surface area contributed by atoms with E-state index in [9.17, 15) is 24.3 Å². The number of carboxylic acid groups (broad SMARTS) is 1. The molecule has 162 valence electrons. The normalized spacial score (nSPS) is 13.3. The van der Waals surface area contributed by atoms with Crippen molar-refractivity contribution < 1.29 is 29.0 Å². The van der Waals surface area contributed by atoms with Crippen LogP contribution < -0.4 is 11.1 Å². The van der Waals surface area contributed by atoms with Crippen LogP contribution >= 0.6 is 0 Å². The summed E-state index contributed by atoms with van der Waals surface area (Å²) in [5, 5.41) is 11.9. The van der Waals surface area contributed by atoms with Crippen LogP contribution in [0.2, 0.25) is 0 Å². The minimum absolute atomic E-state index is 0.0504. The van der Waals surface area contributed by atoms with Crippen molar-refractivity contribution in [1.82, 2.24) is 5.32 Å². The molecular formula is C22H23N3O6. The highest BCUT2D eigenvalue weighted by atomic mass is 16.5. The lowest BCUT2D eigenvalue weighted by molar-refractivity contribution is -0.145. The number of hydrogen-bond donors (Lipinski definition) is 3. The number of amides is 2. The van der Waals surface area contributed by atoms with Gasteiger partial charge >= 0.3 is 5.97 Å². The van der Waals surface area contributed by atoms with Gasteiger partial charge in [-0.05, 0) is 17.5 Å². The maximum Gasteiger partial charge on any atom is 0.309 e. The number of rotatable bonds is 12. The lowest BCUT2D eigenvalue weighted by atomic mass is 9.91. The van der Waals surface area contributed by atoms with Crippen LogP contribution in [0.3, 0.4) is 0 Å². The first-order valence-corrected chi connectivity index (χ1v) is 9.47. The fourth-order valence-electron chi connectivity index (χ4n) is 2.91. The Morgan fingerprint density at radius 2 is 1.61 bits per heavy atom. The van der Waals surface area contributed by atoms with Crippen molar-refractivity contribution in [2.45, 2.75) is 25.1 Å². The summed E-state index contributed by atoms with van der Waals surface area (Å²) in [6.45, 7) is -0.0495. The number of isocyanates is 1. The van der Waals surface area contributed by atoms with E-state index >= 15 is 0 Å². The minimum atomic E-state index is -1.59. The summed E-state index contributed by atoms with van der Waals surface area (Å²) in [4.78, 5) is 50.5. The number of nitrogens with two attached hydrogens (primary N) is 1. The summed E-state index contributed by atoms with van der Waals surface area (Å²) in [5.41, 5.74) is 6.84. The average Bonchev–Trinajstić information content (AvgIpc) is 2.76. The molecule has 2 aromatic rings. The van der Waals surface area contributed by atoms with E-state index in [0.717, 1.165) is 5.56 Å².